The molecule has 0 spiro atoms. The lowest BCUT2D eigenvalue weighted by molar-refractivity contribution is 0.106. The molecule has 4 heteroatoms. The number of H-pyrrole nitrogens is 1. The molecule has 26 heavy (non-hydrogen) atoms. The van der Waals surface area contributed by atoms with Gasteiger partial charge < -0.3 is 20.1 Å². The molecule has 1 atom stereocenters. The number of aliphatic hydroxyl groups excluding tert-OH is 1. The van der Waals surface area contributed by atoms with Gasteiger partial charge in [0.15, 0.2) is 0 Å². The van der Waals surface area contributed by atoms with E-state index in [-0.39, 0.29) is 6.61 Å². The van der Waals surface area contributed by atoms with Gasteiger partial charge in [-0.3, -0.25) is 0 Å². The van der Waals surface area contributed by atoms with Crippen LogP contribution in [0.1, 0.15) is 5.56 Å². The molecule has 0 amide bonds. The molecular weight excluding hydrogens is 324 g/mol. The molecule has 0 aliphatic heterocycles. The van der Waals surface area contributed by atoms with Crippen molar-refractivity contribution in [1.82, 2.24) is 10.3 Å². The molecular formula is C22H22N2O2. The Kier molecular flexibility index (Phi) is 4.86. The monoisotopic (exact) mass is 346 g/mol. The summed E-state index contributed by atoms with van der Waals surface area (Å²) in [5.41, 5.74) is 3.36. The van der Waals surface area contributed by atoms with Gasteiger partial charge in [-0.05, 0) is 23.8 Å². The molecule has 4 rings (SSSR count). The van der Waals surface area contributed by atoms with E-state index in [9.17, 15) is 5.11 Å². The summed E-state index contributed by atoms with van der Waals surface area (Å²) < 4.78 is 5.76. The van der Waals surface area contributed by atoms with Crippen LogP contribution < -0.4 is 10.1 Å². The third-order valence-corrected chi connectivity index (χ3v) is 4.47. The van der Waals surface area contributed by atoms with E-state index in [2.05, 4.69) is 40.6 Å². The molecule has 1 heterocycles. The third kappa shape index (κ3) is 3.72. The maximum absolute atomic E-state index is 10.1. The first kappa shape index (κ1) is 16.6. The third-order valence-electron chi connectivity index (χ3n) is 4.47. The molecule has 0 fully saturated rings. The van der Waals surface area contributed by atoms with Crippen LogP contribution in [0.5, 0.6) is 5.75 Å². The van der Waals surface area contributed by atoms with Gasteiger partial charge in [0.05, 0.1) is 5.52 Å². The van der Waals surface area contributed by atoms with E-state index in [1.165, 1.54) is 16.3 Å². The predicted molar refractivity (Wildman–Crippen MR) is 105 cm³/mol. The number of ether oxygens (including phenoxy) is 1. The largest absolute Gasteiger partial charge is 0.491 e. The number of para-hydroxylation sites is 1. The highest BCUT2D eigenvalue weighted by Gasteiger charge is 2.08. The van der Waals surface area contributed by atoms with Crippen LogP contribution in [0.25, 0.3) is 21.8 Å². The first-order valence-electron chi connectivity index (χ1n) is 8.85. The van der Waals surface area contributed by atoms with Gasteiger partial charge in [-0.2, -0.15) is 0 Å². The zero-order chi connectivity index (χ0) is 17.8. The maximum atomic E-state index is 10.1. The van der Waals surface area contributed by atoms with Crippen molar-refractivity contribution >= 4 is 21.8 Å². The number of fused-ring (bicyclic) bond motifs is 3. The minimum atomic E-state index is -0.558. The molecule has 0 saturated carbocycles. The van der Waals surface area contributed by atoms with E-state index in [1.807, 2.05) is 42.5 Å². The molecule has 132 valence electrons. The van der Waals surface area contributed by atoms with Gasteiger partial charge in [-0.1, -0.05) is 48.5 Å². The van der Waals surface area contributed by atoms with E-state index in [0.717, 1.165) is 23.3 Å². The number of aliphatic hydroxyl groups is 1. The van der Waals surface area contributed by atoms with Gasteiger partial charge in [0.25, 0.3) is 0 Å². The van der Waals surface area contributed by atoms with Crippen molar-refractivity contribution in [2.45, 2.75) is 12.6 Å². The minimum Gasteiger partial charge on any atom is -0.491 e. The van der Waals surface area contributed by atoms with Gasteiger partial charge >= 0.3 is 0 Å². The van der Waals surface area contributed by atoms with Gasteiger partial charge in [-0.25, -0.2) is 0 Å². The summed E-state index contributed by atoms with van der Waals surface area (Å²) in [6, 6.07) is 24.4. The fraction of sp³-hybridized carbons (Fsp3) is 0.182. The Balaban J connectivity index is 1.33. The van der Waals surface area contributed by atoms with Crippen LogP contribution >= 0.6 is 0 Å². The molecule has 4 aromatic rings. The summed E-state index contributed by atoms with van der Waals surface area (Å²) in [6.07, 6.45) is -0.558. The highest BCUT2D eigenvalue weighted by molar-refractivity contribution is 6.07. The summed E-state index contributed by atoms with van der Waals surface area (Å²) in [6.45, 7) is 1.48. The van der Waals surface area contributed by atoms with E-state index >= 15 is 0 Å². The normalized spacial score (nSPS) is 12.5. The highest BCUT2D eigenvalue weighted by atomic mass is 16.5. The van der Waals surface area contributed by atoms with Crippen LogP contribution in [-0.2, 0) is 6.54 Å². The Morgan fingerprint density at radius 2 is 1.65 bits per heavy atom. The van der Waals surface area contributed by atoms with Crippen LogP contribution in [0.4, 0.5) is 0 Å². The van der Waals surface area contributed by atoms with Gasteiger partial charge in [-0.15, -0.1) is 0 Å². The molecule has 0 radical (unpaired) electrons. The van der Waals surface area contributed by atoms with Gasteiger partial charge in [0.2, 0.25) is 0 Å². The molecule has 0 aliphatic carbocycles. The minimum absolute atomic E-state index is 0.257. The maximum Gasteiger partial charge on any atom is 0.121 e. The zero-order valence-electron chi connectivity index (χ0n) is 14.5. The van der Waals surface area contributed by atoms with Crippen LogP contribution in [0, 0.1) is 0 Å². The first-order chi connectivity index (χ1) is 12.8. The molecule has 4 nitrogen and oxygen atoms in total. The number of benzene rings is 3. The Bertz CT molecular complexity index is 995. The second-order valence-corrected chi connectivity index (χ2v) is 6.46. The Hall–Kier alpha value is -2.82. The summed E-state index contributed by atoms with van der Waals surface area (Å²) in [4.78, 5) is 3.40. The second-order valence-electron chi connectivity index (χ2n) is 6.46. The van der Waals surface area contributed by atoms with Crippen molar-refractivity contribution in [2.24, 2.45) is 0 Å². The summed E-state index contributed by atoms with van der Waals surface area (Å²) in [5.74, 6) is 0.756. The van der Waals surface area contributed by atoms with Crippen molar-refractivity contribution in [3.05, 3.63) is 78.4 Å². The predicted octanol–water partition coefficient (Wildman–Crippen LogP) is 3.85. The average Bonchev–Trinajstić information content (AvgIpc) is 3.05. The number of hydrogen-bond acceptors (Lipinski definition) is 3. The second kappa shape index (κ2) is 7.60. The zero-order valence-corrected chi connectivity index (χ0v) is 14.5. The number of rotatable bonds is 7. The molecule has 0 saturated heterocycles. The average molecular weight is 346 g/mol. The lowest BCUT2D eigenvalue weighted by Crippen LogP contribution is -2.31. The van der Waals surface area contributed by atoms with Crippen LogP contribution in [-0.4, -0.2) is 29.3 Å². The molecule has 0 bridgehead atoms. The molecule has 1 unspecified atom stereocenters. The Morgan fingerprint density at radius 3 is 2.54 bits per heavy atom. The number of aromatic amines is 1. The van der Waals surface area contributed by atoms with Gasteiger partial charge in [0, 0.05) is 35.4 Å². The van der Waals surface area contributed by atoms with Crippen LogP contribution in [0.3, 0.4) is 0 Å². The topological polar surface area (TPSA) is 57.3 Å². The number of hydrogen-bond donors (Lipinski definition) is 3. The summed E-state index contributed by atoms with van der Waals surface area (Å²) in [7, 11) is 0. The summed E-state index contributed by atoms with van der Waals surface area (Å²) >= 11 is 0. The van der Waals surface area contributed by atoms with Gasteiger partial charge in [0.1, 0.15) is 18.5 Å². The SMILES string of the molecule is OC(CNCc1ccccc1)COc1ccc2c(c1)[nH]c1ccccc12. The molecule has 3 aromatic carbocycles. The Labute approximate surface area is 152 Å². The number of aromatic nitrogens is 1. The lowest BCUT2D eigenvalue weighted by atomic mass is 10.1. The fourth-order valence-corrected chi connectivity index (χ4v) is 3.15. The quantitative estimate of drug-likeness (QED) is 0.476. The smallest absolute Gasteiger partial charge is 0.121 e. The van der Waals surface area contributed by atoms with Crippen molar-refractivity contribution in [2.75, 3.05) is 13.2 Å². The van der Waals surface area contributed by atoms with Crippen molar-refractivity contribution in [1.29, 1.82) is 0 Å². The molecule has 1 aromatic heterocycles. The molecule has 0 aliphatic rings. The van der Waals surface area contributed by atoms with Crippen LogP contribution in [0.15, 0.2) is 72.8 Å². The summed E-state index contributed by atoms with van der Waals surface area (Å²) in [5, 5.41) is 15.8. The van der Waals surface area contributed by atoms with Crippen molar-refractivity contribution in [3.63, 3.8) is 0 Å². The highest BCUT2D eigenvalue weighted by Crippen LogP contribution is 2.28. The Morgan fingerprint density at radius 1 is 0.885 bits per heavy atom. The van der Waals surface area contributed by atoms with Crippen molar-refractivity contribution < 1.29 is 9.84 Å². The van der Waals surface area contributed by atoms with Crippen molar-refractivity contribution in [3.8, 4) is 5.75 Å². The molecule has 3 N–H and O–H groups in total. The number of nitrogens with one attached hydrogen (secondary N) is 2. The fourth-order valence-electron chi connectivity index (χ4n) is 3.15. The van der Waals surface area contributed by atoms with E-state index in [0.29, 0.717) is 6.54 Å². The van der Waals surface area contributed by atoms with E-state index in [1.54, 1.807) is 0 Å². The first-order valence-corrected chi connectivity index (χ1v) is 8.85. The standard InChI is InChI=1S/C22H22N2O2/c25-17(14-23-13-16-6-2-1-3-7-16)15-26-18-10-11-20-19-8-4-5-9-21(19)24-22(20)12-18/h1-12,17,23-25H,13-15H2. The lowest BCUT2D eigenvalue weighted by Gasteiger charge is -2.13. The van der Waals surface area contributed by atoms with Crippen LogP contribution in [0.2, 0.25) is 0 Å². The van der Waals surface area contributed by atoms with E-state index < -0.39 is 6.10 Å². The van der Waals surface area contributed by atoms with E-state index in [4.69, 9.17) is 4.74 Å².